The minimum absolute atomic E-state index is 0.0597. The number of ether oxygens (including phenoxy) is 1. The van der Waals surface area contributed by atoms with Crippen molar-refractivity contribution in [2.75, 3.05) is 33.4 Å². The molecule has 0 aliphatic carbocycles. The molecule has 0 aromatic heterocycles. The van der Waals surface area contributed by atoms with E-state index in [1.165, 1.54) is 0 Å². The van der Waals surface area contributed by atoms with Crippen molar-refractivity contribution in [3.8, 4) is 6.07 Å². The Hall–Kier alpha value is -1.41. The fourth-order valence-corrected chi connectivity index (χ4v) is 3.18. The van der Waals surface area contributed by atoms with E-state index in [1.54, 1.807) is 7.11 Å². The molecule has 1 saturated heterocycles. The average molecular weight is 288 g/mol. The van der Waals surface area contributed by atoms with Crippen molar-refractivity contribution in [2.24, 2.45) is 5.41 Å². The maximum Gasteiger partial charge on any atom is 0.0995 e. The number of hydrogen-bond donors (Lipinski definition) is 1. The van der Waals surface area contributed by atoms with Crippen LogP contribution in [0, 0.1) is 16.7 Å². The zero-order chi connectivity index (χ0) is 15.1. The fraction of sp³-hybridized carbons (Fsp3) is 0.588. The number of hydrogen-bond acceptors (Lipinski definition) is 4. The molecular formula is C17H24N2O2. The van der Waals surface area contributed by atoms with Crippen LogP contribution in [-0.2, 0) is 11.3 Å². The van der Waals surface area contributed by atoms with Gasteiger partial charge in [-0.05, 0) is 37.4 Å². The lowest BCUT2D eigenvalue weighted by molar-refractivity contribution is 0.00473. The first-order chi connectivity index (χ1) is 10.2. The highest BCUT2D eigenvalue weighted by Crippen LogP contribution is 2.33. The normalized spacial score (nSPS) is 22.9. The third kappa shape index (κ3) is 4.04. The zero-order valence-corrected chi connectivity index (χ0v) is 12.7. The smallest absolute Gasteiger partial charge is 0.0995 e. The van der Waals surface area contributed by atoms with Crippen LogP contribution in [0.5, 0.6) is 0 Å². The molecule has 21 heavy (non-hydrogen) atoms. The summed E-state index contributed by atoms with van der Waals surface area (Å²) in [6.07, 6.45) is 3.01. The Balaban J connectivity index is 2.05. The van der Waals surface area contributed by atoms with Crippen molar-refractivity contribution >= 4 is 0 Å². The van der Waals surface area contributed by atoms with Gasteiger partial charge in [-0.15, -0.1) is 0 Å². The number of benzene rings is 1. The van der Waals surface area contributed by atoms with Gasteiger partial charge < -0.3 is 9.84 Å². The van der Waals surface area contributed by atoms with Crippen molar-refractivity contribution in [3.05, 3.63) is 35.4 Å². The van der Waals surface area contributed by atoms with E-state index in [4.69, 9.17) is 4.74 Å². The highest BCUT2D eigenvalue weighted by atomic mass is 16.5. The third-order valence-corrected chi connectivity index (χ3v) is 4.44. The van der Waals surface area contributed by atoms with E-state index in [-0.39, 0.29) is 12.0 Å². The summed E-state index contributed by atoms with van der Waals surface area (Å²) < 4.78 is 5.19. The second kappa shape index (κ2) is 7.56. The first-order valence-electron chi connectivity index (χ1n) is 7.53. The molecule has 0 amide bonds. The van der Waals surface area contributed by atoms with Crippen LogP contribution in [-0.4, -0.2) is 43.4 Å². The number of nitrogens with zero attached hydrogens (tertiary/aromatic N) is 2. The van der Waals surface area contributed by atoms with E-state index >= 15 is 0 Å². The van der Waals surface area contributed by atoms with Crippen molar-refractivity contribution in [1.82, 2.24) is 4.90 Å². The van der Waals surface area contributed by atoms with Gasteiger partial charge in [-0.2, -0.15) is 5.26 Å². The highest BCUT2D eigenvalue weighted by molar-refractivity contribution is 5.37. The van der Waals surface area contributed by atoms with E-state index in [9.17, 15) is 10.4 Å². The second-order valence-corrected chi connectivity index (χ2v) is 5.98. The van der Waals surface area contributed by atoms with E-state index in [1.807, 2.05) is 24.3 Å². The molecule has 1 heterocycles. The van der Waals surface area contributed by atoms with Crippen molar-refractivity contribution in [1.29, 1.82) is 5.26 Å². The van der Waals surface area contributed by atoms with Crippen molar-refractivity contribution in [2.45, 2.75) is 25.8 Å². The van der Waals surface area contributed by atoms with Gasteiger partial charge in [0.15, 0.2) is 0 Å². The monoisotopic (exact) mass is 288 g/mol. The molecule has 1 aliphatic heterocycles. The zero-order valence-electron chi connectivity index (χ0n) is 12.7. The van der Waals surface area contributed by atoms with Crippen molar-refractivity contribution in [3.63, 3.8) is 0 Å². The number of aliphatic hydroxyl groups excluding tert-OH is 1. The number of rotatable bonds is 6. The fourth-order valence-electron chi connectivity index (χ4n) is 3.18. The second-order valence-electron chi connectivity index (χ2n) is 5.98. The van der Waals surface area contributed by atoms with Crippen LogP contribution >= 0.6 is 0 Å². The Labute approximate surface area is 127 Å². The Morgan fingerprint density at radius 2 is 2.24 bits per heavy atom. The van der Waals surface area contributed by atoms with Gasteiger partial charge in [-0.3, -0.25) is 4.90 Å². The van der Waals surface area contributed by atoms with Crippen LogP contribution in [0.4, 0.5) is 0 Å². The Bertz CT molecular complexity index is 498. The largest absolute Gasteiger partial charge is 0.396 e. The molecule has 114 valence electrons. The molecule has 0 saturated carbocycles. The predicted octanol–water partition coefficient (Wildman–Crippen LogP) is 2.17. The van der Waals surface area contributed by atoms with E-state index in [0.29, 0.717) is 6.61 Å². The topological polar surface area (TPSA) is 56.5 Å². The lowest BCUT2D eigenvalue weighted by atomic mass is 9.78. The molecule has 1 fully saturated rings. The van der Waals surface area contributed by atoms with Gasteiger partial charge in [0.2, 0.25) is 0 Å². The summed E-state index contributed by atoms with van der Waals surface area (Å²) in [6, 6.07) is 10.0. The summed E-state index contributed by atoms with van der Waals surface area (Å²) in [7, 11) is 1.70. The minimum Gasteiger partial charge on any atom is -0.396 e. The Morgan fingerprint density at radius 1 is 1.43 bits per heavy atom. The summed E-state index contributed by atoms with van der Waals surface area (Å²) in [4.78, 5) is 2.35. The third-order valence-electron chi connectivity index (χ3n) is 4.44. The predicted molar refractivity (Wildman–Crippen MR) is 81.7 cm³/mol. The summed E-state index contributed by atoms with van der Waals surface area (Å²) in [6.45, 7) is 3.55. The van der Waals surface area contributed by atoms with Crippen LogP contribution in [0.25, 0.3) is 0 Å². The molecule has 0 spiro atoms. The van der Waals surface area contributed by atoms with Crippen molar-refractivity contribution < 1.29 is 9.84 Å². The van der Waals surface area contributed by atoms with Gasteiger partial charge in [0.05, 0.1) is 18.2 Å². The van der Waals surface area contributed by atoms with E-state index < -0.39 is 0 Å². The molecular weight excluding hydrogens is 264 g/mol. The quantitative estimate of drug-likeness (QED) is 0.871. The standard InChI is InChI=1S/C17H24N2O2/c1-21-10-8-17(14-20)7-4-9-19(13-17)12-16-6-3-2-5-15(16)11-18/h2-3,5-6,20H,4,7-10,12-14H2,1H3/t17-/m0/s1. The molecule has 1 aromatic rings. The summed E-state index contributed by atoms with van der Waals surface area (Å²) >= 11 is 0. The first kappa shape index (κ1) is 16.0. The van der Waals surface area contributed by atoms with Gasteiger partial charge in [0.25, 0.3) is 0 Å². The maximum atomic E-state index is 9.82. The number of piperidine rings is 1. The van der Waals surface area contributed by atoms with E-state index in [0.717, 1.165) is 50.0 Å². The molecule has 0 bridgehead atoms. The number of nitriles is 1. The molecule has 1 atom stereocenters. The number of methoxy groups -OCH3 is 1. The minimum atomic E-state index is -0.0597. The van der Waals surface area contributed by atoms with Gasteiger partial charge in [0.1, 0.15) is 0 Å². The molecule has 1 aromatic carbocycles. The lowest BCUT2D eigenvalue weighted by Crippen LogP contribution is -2.45. The van der Waals surface area contributed by atoms with Crippen LogP contribution in [0.3, 0.4) is 0 Å². The Kier molecular flexibility index (Phi) is 5.75. The van der Waals surface area contributed by atoms with Crippen LogP contribution < -0.4 is 0 Å². The highest BCUT2D eigenvalue weighted by Gasteiger charge is 2.34. The van der Waals surface area contributed by atoms with Crippen LogP contribution in [0.2, 0.25) is 0 Å². The molecule has 1 aliphatic rings. The molecule has 0 unspecified atom stereocenters. The molecule has 1 N–H and O–H groups in total. The SMILES string of the molecule is COCC[C@@]1(CO)CCCN(Cc2ccccc2C#N)C1. The van der Waals surface area contributed by atoms with Crippen LogP contribution in [0.1, 0.15) is 30.4 Å². The van der Waals surface area contributed by atoms with Gasteiger partial charge in [-0.1, -0.05) is 18.2 Å². The molecule has 4 heteroatoms. The maximum absolute atomic E-state index is 9.82. The molecule has 0 radical (unpaired) electrons. The van der Waals surface area contributed by atoms with Gasteiger partial charge in [0, 0.05) is 32.2 Å². The summed E-state index contributed by atoms with van der Waals surface area (Å²) in [5.41, 5.74) is 1.76. The van der Waals surface area contributed by atoms with Gasteiger partial charge in [-0.25, -0.2) is 0 Å². The lowest BCUT2D eigenvalue weighted by Gasteiger charge is -2.42. The summed E-state index contributed by atoms with van der Waals surface area (Å²) in [5.74, 6) is 0. The van der Waals surface area contributed by atoms with Gasteiger partial charge >= 0.3 is 0 Å². The number of aliphatic hydroxyl groups is 1. The number of likely N-dealkylation sites (tertiary alicyclic amines) is 1. The van der Waals surface area contributed by atoms with E-state index in [2.05, 4.69) is 11.0 Å². The molecule has 2 rings (SSSR count). The first-order valence-corrected chi connectivity index (χ1v) is 7.53. The summed E-state index contributed by atoms with van der Waals surface area (Å²) in [5, 5.41) is 19.0. The van der Waals surface area contributed by atoms with Crippen LogP contribution in [0.15, 0.2) is 24.3 Å². The average Bonchev–Trinajstić information content (AvgIpc) is 2.54. The Morgan fingerprint density at radius 3 is 2.95 bits per heavy atom. The molecule has 4 nitrogen and oxygen atoms in total.